The molecule has 2 heteroatoms. The molecule has 0 aliphatic rings. The predicted octanol–water partition coefficient (Wildman–Crippen LogP) is 5.85. The van der Waals surface area contributed by atoms with Gasteiger partial charge in [0.15, 0.2) is 0 Å². The second kappa shape index (κ2) is 5.60. The Bertz CT molecular complexity index is 1170. The van der Waals surface area contributed by atoms with Crippen LogP contribution in [0.1, 0.15) is 0 Å². The fourth-order valence-electron chi connectivity index (χ4n) is 3.43. The number of nitrogens with zero attached hydrogens (tertiary/aromatic N) is 2. The van der Waals surface area contributed by atoms with Gasteiger partial charge in [0, 0.05) is 16.6 Å². The van der Waals surface area contributed by atoms with Gasteiger partial charge >= 0.3 is 0 Å². The van der Waals surface area contributed by atoms with E-state index in [1.807, 2.05) is 12.1 Å². The zero-order chi connectivity index (χ0) is 16.6. The summed E-state index contributed by atoms with van der Waals surface area (Å²) >= 11 is 0. The fraction of sp³-hybridized carbons (Fsp3) is 0. The summed E-state index contributed by atoms with van der Waals surface area (Å²) in [6.07, 6.45) is 0. The van der Waals surface area contributed by atoms with E-state index >= 15 is 0 Å². The van der Waals surface area contributed by atoms with E-state index < -0.39 is 0 Å². The average molecular weight is 320 g/mol. The molecule has 1 aromatic heterocycles. The van der Waals surface area contributed by atoms with Crippen molar-refractivity contribution in [3.63, 3.8) is 0 Å². The van der Waals surface area contributed by atoms with Gasteiger partial charge in [-0.3, -0.25) is 4.57 Å². The molecule has 0 atom stereocenters. The number of para-hydroxylation sites is 1. The molecule has 0 unspecified atom stereocenters. The highest BCUT2D eigenvalue weighted by atomic mass is 15.1. The van der Waals surface area contributed by atoms with Crippen LogP contribution in [0.25, 0.3) is 38.9 Å². The molecule has 0 spiro atoms. The van der Waals surface area contributed by atoms with Crippen molar-refractivity contribution in [2.24, 2.45) is 0 Å². The van der Waals surface area contributed by atoms with Crippen molar-refractivity contribution in [1.82, 2.24) is 9.55 Å². The van der Waals surface area contributed by atoms with E-state index in [0.29, 0.717) is 0 Å². The minimum absolute atomic E-state index is 0.971. The third kappa shape index (κ3) is 2.23. The molecular weight excluding hydrogens is 304 g/mol. The smallest absolute Gasteiger partial charge is 0.145 e. The molecule has 0 aliphatic carbocycles. The van der Waals surface area contributed by atoms with E-state index in [-0.39, 0.29) is 0 Å². The van der Waals surface area contributed by atoms with Crippen LogP contribution in [0.4, 0.5) is 0 Å². The minimum atomic E-state index is 0.971. The van der Waals surface area contributed by atoms with Gasteiger partial charge in [-0.05, 0) is 23.6 Å². The molecule has 0 saturated carbocycles. The second-order valence-corrected chi connectivity index (χ2v) is 6.13. The van der Waals surface area contributed by atoms with Gasteiger partial charge in [0.05, 0.1) is 11.0 Å². The first-order valence-corrected chi connectivity index (χ1v) is 8.43. The molecule has 0 fully saturated rings. The lowest BCUT2D eigenvalue weighted by molar-refractivity contribution is 1.10. The van der Waals surface area contributed by atoms with E-state index in [0.717, 1.165) is 28.1 Å². The van der Waals surface area contributed by atoms with Gasteiger partial charge in [-0.15, -0.1) is 0 Å². The van der Waals surface area contributed by atoms with Crippen LogP contribution in [-0.4, -0.2) is 9.55 Å². The number of hydrogen-bond donors (Lipinski definition) is 0. The Hall–Kier alpha value is -3.39. The number of benzene rings is 4. The topological polar surface area (TPSA) is 17.8 Å². The van der Waals surface area contributed by atoms with Crippen LogP contribution in [0.15, 0.2) is 97.1 Å². The van der Waals surface area contributed by atoms with Gasteiger partial charge in [0.2, 0.25) is 0 Å². The largest absolute Gasteiger partial charge is 0.292 e. The lowest BCUT2D eigenvalue weighted by Crippen LogP contribution is -1.96. The first-order chi connectivity index (χ1) is 12.4. The SMILES string of the molecule is c1ccc(-c2nc3c4ccccc4ccc3n2-c2ccccc2)cc1. The maximum absolute atomic E-state index is 5.05. The monoisotopic (exact) mass is 320 g/mol. The highest BCUT2D eigenvalue weighted by Gasteiger charge is 2.15. The van der Waals surface area contributed by atoms with Crippen LogP contribution in [0, 0.1) is 0 Å². The fourth-order valence-corrected chi connectivity index (χ4v) is 3.43. The number of imidazole rings is 1. The summed E-state index contributed by atoms with van der Waals surface area (Å²) in [4.78, 5) is 5.05. The molecule has 0 saturated heterocycles. The zero-order valence-corrected chi connectivity index (χ0v) is 13.6. The van der Waals surface area contributed by atoms with Gasteiger partial charge in [-0.2, -0.15) is 0 Å². The molecule has 118 valence electrons. The summed E-state index contributed by atoms with van der Waals surface area (Å²) in [6.45, 7) is 0. The summed E-state index contributed by atoms with van der Waals surface area (Å²) < 4.78 is 2.25. The first-order valence-electron chi connectivity index (χ1n) is 8.43. The van der Waals surface area contributed by atoms with Crippen molar-refractivity contribution < 1.29 is 0 Å². The quantitative estimate of drug-likeness (QED) is 0.399. The van der Waals surface area contributed by atoms with Gasteiger partial charge < -0.3 is 0 Å². The van der Waals surface area contributed by atoms with Gasteiger partial charge in [0.25, 0.3) is 0 Å². The van der Waals surface area contributed by atoms with Crippen molar-refractivity contribution in [2.75, 3.05) is 0 Å². The van der Waals surface area contributed by atoms with E-state index in [9.17, 15) is 0 Å². The molecule has 0 N–H and O–H groups in total. The number of hydrogen-bond acceptors (Lipinski definition) is 1. The molecule has 1 heterocycles. The molecule has 5 rings (SSSR count). The molecule has 4 aromatic carbocycles. The van der Waals surface area contributed by atoms with E-state index in [4.69, 9.17) is 4.98 Å². The Morgan fingerprint density at radius 1 is 0.600 bits per heavy atom. The molecular formula is C23H16N2. The number of aromatic nitrogens is 2. The van der Waals surface area contributed by atoms with Gasteiger partial charge in [0.1, 0.15) is 5.82 Å². The molecule has 25 heavy (non-hydrogen) atoms. The molecule has 5 aromatic rings. The molecule has 0 amide bonds. The Morgan fingerprint density at radius 2 is 1.28 bits per heavy atom. The van der Waals surface area contributed by atoms with E-state index in [1.165, 1.54) is 10.8 Å². The van der Waals surface area contributed by atoms with Gasteiger partial charge in [-0.1, -0.05) is 78.9 Å². The molecule has 0 aliphatic heterocycles. The Morgan fingerprint density at radius 3 is 2.08 bits per heavy atom. The predicted molar refractivity (Wildman–Crippen MR) is 104 cm³/mol. The second-order valence-electron chi connectivity index (χ2n) is 6.13. The van der Waals surface area contributed by atoms with Crippen molar-refractivity contribution >= 4 is 21.8 Å². The number of fused-ring (bicyclic) bond motifs is 3. The summed E-state index contributed by atoms with van der Waals surface area (Å²) in [5, 5.41) is 2.40. The summed E-state index contributed by atoms with van der Waals surface area (Å²) in [5.41, 5.74) is 4.41. The highest BCUT2D eigenvalue weighted by molar-refractivity contribution is 6.05. The normalized spacial score (nSPS) is 11.2. The van der Waals surface area contributed by atoms with E-state index in [2.05, 4.69) is 89.5 Å². The Labute approximate surface area is 146 Å². The third-order valence-electron chi connectivity index (χ3n) is 4.60. The Kier molecular flexibility index (Phi) is 3.14. The van der Waals surface area contributed by atoms with E-state index in [1.54, 1.807) is 0 Å². The molecule has 2 nitrogen and oxygen atoms in total. The van der Waals surface area contributed by atoms with Crippen molar-refractivity contribution in [3.8, 4) is 17.1 Å². The minimum Gasteiger partial charge on any atom is -0.292 e. The summed E-state index contributed by atoms with van der Waals surface area (Å²) in [7, 11) is 0. The maximum atomic E-state index is 5.05. The van der Waals surface area contributed by atoms with Crippen LogP contribution in [-0.2, 0) is 0 Å². The summed E-state index contributed by atoms with van der Waals surface area (Å²) in [6, 6.07) is 33.6. The third-order valence-corrected chi connectivity index (χ3v) is 4.60. The maximum Gasteiger partial charge on any atom is 0.145 e. The Balaban J connectivity index is 1.93. The zero-order valence-electron chi connectivity index (χ0n) is 13.6. The van der Waals surface area contributed by atoms with Crippen LogP contribution < -0.4 is 0 Å². The van der Waals surface area contributed by atoms with Crippen LogP contribution >= 0.6 is 0 Å². The van der Waals surface area contributed by atoms with Crippen molar-refractivity contribution in [3.05, 3.63) is 97.1 Å². The van der Waals surface area contributed by atoms with Crippen molar-refractivity contribution in [1.29, 1.82) is 0 Å². The van der Waals surface area contributed by atoms with Gasteiger partial charge in [-0.25, -0.2) is 4.98 Å². The number of rotatable bonds is 2. The lowest BCUT2D eigenvalue weighted by atomic mass is 10.1. The molecule has 0 bridgehead atoms. The van der Waals surface area contributed by atoms with Crippen LogP contribution in [0.2, 0.25) is 0 Å². The van der Waals surface area contributed by atoms with Crippen LogP contribution in [0.5, 0.6) is 0 Å². The standard InChI is InChI=1S/C23H16N2/c1-3-10-18(11-4-1)23-24-22-20-14-8-7-9-17(20)15-16-21(22)25(23)19-12-5-2-6-13-19/h1-16H. The average Bonchev–Trinajstić information content (AvgIpc) is 3.09. The highest BCUT2D eigenvalue weighted by Crippen LogP contribution is 2.32. The van der Waals surface area contributed by atoms with Crippen molar-refractivity contribution in [2.45, 2.75) is 0 Å². The first kappa shape index (κ1) is 14.0. The lowest BCUT2D eigenvalue weighted by Gasteiger charge is -2.09. The molecule has 0 radical (unpaired) electrons. The summed E-state index contributed by atoms with van der Waals surface area (Å²) in [5.74, 6) is 0.971. The van der Waals surface area contributed by atoms with Crippen LogP contribution in [0.3, 0.4) is 0 Å².